The first-order valence-corrected chi connectivity index (χ1v) is 4.51. The predicted octanol–water partition coefficient (Wildman–Crippen LogP) is 2.86. The Labute approximate surface area is 91.9 Å². The van der Waals surface area contributed by atoms with Gasteiger partial charge in [-0.25, -0.2) is 9.50 Å². The normalized spacial score (nSPS) is 13.3. The van der Waals surface area contributed by atoms with Crippen LogP contribution in [0.15, 0.2) is 18.2 Å². The summed E-state index contributed by atoms with van der Waals surface area (Å²) < 4.78 is 63.7. The van der Waals surface area contributed by atoms with E-state index in [0.29, 0.717) is 11.4 Å². The molecule has 0 spiro atoms. The lowest BCUT2D eigenvalue weighted by molar-refractivity contribution is -0.144. The Hall–Kier alpha value is -1.73. The number of halogens is 5. The van der Waals surface area contributed by atoms with Gasteiger partial charge in [0.2, 0.25) is 0 Å². The van der Waals surface area contributed by atoms with Crippen molar-refractivity contribution >= 4 is 5.65 Å². The lowest BCUT2D eigenvalue weighted by Crippen LogP contribution is -2.14. The molecule has 0 aliphatic rings. The molecule has 0 atom stereocenters. The smallest absolute Gasteiger partial charge is 0.211 e. The topological polar surface area (TPSA) is 30.2 Å². The fourth-order valence-corrected chi connectivity index (χ4v) is 1.36. The van der Waals surface area contributed by atoms with Gasteiger partial charge >= 0.3 is 6.18 Å². The highest BCUT2D eigenvalue weighted by Gasteiger charge is 2.37. The molecule has 0 unspecified atom stereocenters. The van der Waals surface area contributed by atoms with Gasteiger partial charge in [-0.2, -0.15) is 22.0 Å². The number of pyridine rings is 1. The van der Waals surface area contributed by atoms with Gasteiger partial charge in [0, 0.05) is 6.92 Å². The Kier molecular flexibility index (Phi) is 2.33. The van der Waals surface area contributed by atoms with Crippen LogP contribution in [-0.4, -0.2) is 14.6 Å². The van der Waals surface area contributed by atoms with E-state index in [1.807, 2.05) is 0 Å². The third-order valence-corrected chi connectivity index (χ3v) is 2.06. The van der Waals surface area contributed by atoms with Gasteiger partial charge in [-0.15, -0.1) is 5.10 Å². The van der Waals surface area contributed by atoms with E-state index in [1.165, 1.54) is 12.1 Å². The summed E-state index contributed by atoms with van der Waals surface area (Å²) in [6, 6.07) is 3.39. The van der Waals surface area contributed by atoms with Crippen molar-refractivity contribution in [3.8, 4) is 0 Å². The van der Waals surface area contributed by atoms with Crippen molar-refractivity contribution in [3.05, 3.63) is 29.7 Å². The van der Waals surface area contributed by atoms with E-state index in [9.17, 15) is 22.0 Å². The van der Waals surface area contributed by atoms with E-state index >= 15 is 0 Å². The van der Waals surface area contributed by atoms with Crippen molar-refractivity contribution in [1.82, 2.24) is 14.6 Å². The van der Waals surface area contributed by atoms with E-state index in [1.54, 1.807) is 0 Å². The zero-order valence-corrected chi connectivity index (χ0v) is 8.46. The molecule has 0 bridgehead atoms. The second-order valence-corrected chi connectivity index (χ2v) is 3.50. The van der Waals surface area contributed by atoms with Crippen molar-refractivity contribution in [2.45, 2.75) is 19.0 Å². The van der Waals surface area contributed by atoms with Crippen molar-refractivity contribution in [3.63, 3.8) is 0 Å². The number of rotatable bonds is 1. The zero-order chi connectivity index (χ0) is 12.8. The zero-order valence-electron chi connectivity index (χ0n) is 8.46. The first-order chi connectivity index (χ1) is 7.69. The van der Waals surface area contributed by atoms with E-state index in [-0.39, 0.29) is 5.65 Å². The molecular weight excluding hydrogens is 245 g/mol. The first kappa shape index (κ1) is 11.7. The molecule has 0 saturated carbocycles. The average molecular weight is 251 g/mol. The molecule has 0 fully saturated rings. The molecule has 2 aromatic rings. The van der Waals surface area contributed by atoms with Crippen molar-refractivity contribution in [2.24, 2.45) is 0 Å². The Bertz CT molecular complexity index is 552. The molecule has 2 aromatic heterocycles. The SMILES string of the molecule is CC(F)(F)c1cccc2nc(C(F)(F)F)nn12. The molecule has 0 N–H and O–H groups in total. The summed E-state index contributed by atoms with van der Waals surface area (Å²) in [5.74, 6) is -4.73. The molecule has 0 aliphatic heterocycles. The van der Waals surface area contributed by atoms with Crippen LogP contribution in [0, 0.1) is 0 Å². The Morgan fingerprint density at radius 1 is 1.12 bits per heavy atom. The monoisotopic (exact) mass is 251 g/mol. The van der Waals surface area contributed by atoms with Crippen molar-refractivity contribution < 1.29 is 22.0 Å². The maximum absolute atomic E-state index is 13.1. The molecule has 92 valence electrons. The van der Waals surface area contributed by atoms with Crippen LogP contribution < -0.4 is 0 Å². The van der Waals surface area contributed by atoms with Gasteiger partial charge < -0.3 is 0 Å². The molecule has 2 heterocycles. The summed E-state index contributed by atoms with van der Waals surface area (Å²) in [5.41, 5.74) is -0.908. The summed E-state index contributed by atoms with van der Waals surface area (Å²) in [6.45, 7) is 0.580. The molecule has 3 nitrogen and oxygen atoms in total. The maximum atomic E-state index is 13.1. The van der Waals surface area contributed by atoms with Crippen LogP contribution in [0.5, 0.6) is 0 Å². The van der Waals surface area contributed by atoms with Gasteiger partial charge in [-0.3, -0.25) is 0 Å². The fourth-order valence-electron chi connectivity index (χ4n) is 1.36. The number of hydrogen-bond acceptors (Lipinski definition) is 2. The predicted molar refractivity (Wildman–Crippen MR) is 47.6 cm³/mol. The third-order valence-electron chi connectivity index (χ3n) is 2.06. The van der Waals surface area contributed by atoms with Gasteiger partial charge in [-0.1, -0.05) is 6.07 Å². The molecule has 0 aliphatic carbocycles. The minimum absolute atomic E-state index is 0.267. The molecule has 0 aromatic carbocycles. The van der Waals surface area contributed by atoms with Gasteiger partial charge in [0.25, 0.3) is 11.7 Å². The summed E-state index contributed by atoms with van der Waals surface area (Å²) in [5, 5.41) is 3.05. The number of aromatic nitrogens is 3. The summed E-state index contributed by atoms with van der Waals surface area (Å²) >= 11 is 0. The largest absolute Gasteiger partial charge is 0.453 e. The van der Waals surface area contributed by atoms with Gasteiger partial charge in [0.15, 0.2) is 5.65 Å². The second kappa shape index (κ2) is 3.38. The minimum Gasteiger partial charge on any atom is -0.211 e. The second-order valence-electron chi connectivity index (χ2n) is 3.50. The Morgan fingerprint density at radius 3 is 2.29 bits per heavy atom. The van der Waals surface area contributed by atoms with Crippen molar-refractivity contribution in [2.75, 3.05) is 0 Å². The lowest BCUT2D eigenvalue weighted by atomic mass is 10.2. The van der Waals surface area contributed by atoms with E-state index in [2.05, 4.69) is 10.1 Å². The molecule has 8 heteroatoms. The van der Waals surface area contributed by atoms with Gasteiger partial charge in [0.05, 0.1) is 0 Å². The standard InChI is InChI=1S/C9H6F5N3/c1-8(10,11)5-3-2-4-6-15-7(9(12,13)14)16-17(5)6/h2-4H,1H3. The third kappa shape index (κ3) is 2.06. The van der Waals surface area contributed by atoms with Crippen LogP contribution in [0.25, 0.3) is 5.65 Å². The van der Waals surface area contributed by atoms with Crippen LogP contribution in [-0.2, 0) is 12.1 Å². The molecule has 17 heavy (non-hydrogen) atoms. The van der Waals surface area contributed by atoms with E-state index in [0.717, 1.165) is 6.07 Å². The highest BCUT2D eigenvalue weighted by Crippen LogP contribution is 2.30. The molecular formula is C9H6F5N3. The number of hydrogen-bond donors (Lipinski definition) is 0. The number of nitrogens with zero attached hydrogens (tertiary/aromatic N) is 3. The lowest BCUT2D eigenvalue weighted by Gasteiger charge is -2.10. The average Bonchev–Trinajstić information content (AvgIpc) is 2.57. The van der Waals surface area contributed by atoms with Crippen LogP contribution in [0.4, 0.5) is 22.0 Å². The maximum Gasteiger partial charge on any atom is 0.453 e. The minimum atomic E-state index is -4.76. The molecule has 2 rings (SSSR count). The first-order valence-electron chi connectivity index (χ1n) is 4.51. The summed E-state index contributed by atoms with van der Waals surface area (Å²) in [7, 11) is 0. The van der Waals surface area contributed by atoms with Gasteiger partial charge in [-0.05, 0) is 12.1 Å². The quantitative estimate of drug-likeness (QED) is 0.729. The molecule has 0 amide bonds. The van der Waals surface area contributed by atoms with Gasteiger partial charge in [0.1, 0.15) is 5.69 Å². The Morgan fingerprint density at radius 2 is 1.76 bits per heavy atom. The van der Waals surface area contributed by atoms with Crippen LogP contribution in [0.1, 0.15) is 18.4 Å². The fraction of sp³-hybridized carbons (Fsp3) is 0.333. The summed E-state index contributed by atoms with van der Waals surface area (Å²) in [4.78, 5) is 3.15. The Balaban J connectivity index is 2.70. The molecule has 0 saturated heterocycles. The van der Waals surface area contributed by atoms with Crippen LogP contribution in [0.3, 0.4) is 0 Å². The van der Waals surface area contributed by atoms with E-state index in [4.69, 9.17) is 0 Å². The number of alkyl halides is 5. The highest BCUT2D eigenvalue weighted by atomic mass is 19.4. The van der Waals surface area contributed by atoms with E-state index < -0.39 is 23.6 Å². The van der Waals surface area contributed by atoms with Crippen molar-refractivity contribution in [1.29, 1.82) is 0 Å². The highest BCUT2D eigenvalue weighted by molar-refractivity contribution is 5.40. The van der Waals surface area contributed by atoms with Crippen LogP contribution >= 0.6 is 0 Å². The molecule has 0 radical (unpaired) electrons. The summed E-state index contributed by atoms with van der Waals surface area (Å²) in [6.07, 6.45) is -4.76. The van der Waals surface area contributed by atoms with Crippen LogP contribution in [0.2, 0.25) is 0 Å². The number of fused-ring (bicyclic) bond motifs is 1.